The molecule has 0 amide bonds. The Labute approximate surface area is 161 Å². The van der Waals surface area contributed by atoms with Crippen molar-refractivity contribution >= 4 is 43.1 Å². The summed E-state index contributed by atoms with van der Waals surface area (Å²) in [5.41, 5.74) is 1.48. The largest absolute Gasteiger partial charge is 0.462 e. The molecule has 1 rings (SSSR count). The molecular weight excluding hydrogens is 366 g/mol. The van der Waals surface area contributed by atoms with Crippen LogP contribution in [0.4, 0.5) is 0 Å². The lowest BCUT2D eigenvalue weighted by atomic mass is 10.1. The zero-order valence-electron chi connectivity index (χ0n) is 15.7. The quantitative estimate of drug-likeness (QED) is 0.210. The number of thioether (sulfide) groups is 2. The first-order valence-corrected chi connectivity index (χ1v) is 14.0. The van der Waals surface area contributed by atoms with Crippen LogP contribution in [0, 0.1) is 0 Å². The molecule has 0 fully saturated rings. The smallest absolute Gasteiger partial charge is 0.340 e. The monoisotopic (exact) mass is 395 g/mol. The van der Waals surface area contributed by atoms with Crippen molar-refractivity contribution in [1.29, 1.82) is 0 Å². The van der Waals surface area contributed by atoms with Gasteiger partial charge < -0.3 is 4.74 Å². The van der Waals surface area contributed by atoms with Gasteiger partial charge in [-0.1, -0.05) is 32.2 Å². The summed E-state index contributed by atoms with van der Waals surface area (Å²) in [7, 11) is -1.38. The minimum absolute atomic E-state index is 0.259. The summed E-state index contributed by atoms with van der Waals surface area (Å²) in [5, 5.41) is 1.05. The third kappa shape index (κ3) is 7.84. The fourth-order valence-electron chi connectivity index (χ4n) is 2.12. The van der Waals surface area contributed by atoms with E-state index in [2.05, 4.69) is 31.6 Å². The second-order valence-corrected chi connectivity index (χ2v) is 14.4. The Balaban J connectivity index is 3.23. The van der Waals surface area contributed by atoms with Crippen LogP contribution < -0.4 is 0 Å². The van der Waals surface area contributed by atoms with E-state index in [4.69, 9.17) is 4.74 Å². The molecule has 0 aliphatic carbocycles. The average molecular weight is 396 g/mol. The highest BCUT2D eigenvalue weighted by Gasteiger charge is 2.24. The molecule has 0 saturated heterocycles. The van der Waals surface area contributed by atoms with Crippen LogP contribution in [-0.2, 0) is 9.53 Å². The molecular formula is C19H29NO2S2Si. The van der Waals surface area contributed by atoms with E-state index in [1.165, 1.54) is 0 Å². The molecule has 0 radical (unpaired) electrons. The highest BCUT2D eigenvalue weighted by Crippen LogP contribution is 2.38. The molecule has 0 aliphatic heterocycles. The lowest BCUT2D eigenvalue weighted by Gasteiger charge is -2.22. The summed E-state index contributed by atoms with van der Waals surface area (Å²) < 4.78 is 6.40. The van der Waals surface area contributed by atoms with Crippen molar-refractivity contribution in [3.05, 3.63) is 47.0 Å². The number of hydrogen-bond donors (Lipinski definition) is 0. The normalized spacial score (nSPS) is 12.5. The van der Waals surface area contributed by atoms with Crippen molar-refractivity contribution in [2.75, 3.05) is 17.7 Å². The van der Waals surface area contributed by atoms with E-state index < -0.39 is 8.07 Å². The van der Waals surface area contributed by atoms with Crippen molar-refractivity contribution in [1.82, 2.24) is 4.98 Å². The van der Waals surface area contributed by atoms with Gasteiger partial charge in [0.15, 0.2) is 0 Å². The van der Waals surface area contributed by atoms with E-state index in [1.54, 1.807) is 35.9 Å². The standard InChI is InChI=1S/C19H29NO2S2Si/c1-6-12-23-19(24-15-25(4,5)13-7-2)17(18(21)22-8-3)16-10-9-11-20-14-16/h7,9-11,14H,2,6,8,12-13,15H2,1,3-5H3/b19-17+. The summed E-state index contributed by atoms with van der Waals surface area (Å²) in [6.07, 6.45) is 6.54. The number of carbonyl (C=O) groups excluding carboxylic acids is 1. The minimum Gasteiger partial charge on any atom is -0.462 e. The van der Waals surface area contributed by atoms with Gasteiger partial charge in [-0.25, -0.2) is 4.79 Å². The Morgan fingerprint density at radius 3 is 2.68 bits per heavy atom. The SMILES string of the molecule is C=CC[Si](C)(C)CS/C(SCCC)=C(/C(=O)OCC)c1cccnc1. The van der Waals surface area contributed by atoms with Crippen molar-refractivity contribution in [2.45, 2.75) is 39.4 Å². The summed E-state index contributed by atoms with van der Waals surface area (Å²) in [6.45, 7) is 13.0. The van der Waals surface area contributed by atoms with E-state index in [0.29, 0.717) is 12.2 Å². The molecule has 0 N–H and O–H groups in total. The van der Waals surface area contributed by atoms with E-state index in [-0.39, 0.29) is 5.97 Å². The van der Waals surface area contributed by atoms with Gasteiger partial charge in [0.25, 0.3) is 0 Å². The van der Waals surface area contributed by atoms with E-state index in [0.717, 1.165) is 33.4 Å². The summed E-state index contributed by atoms with van der Waals surface area (Å²) in [6, 6.07) is 4.86. The Bertz CT molecular complexity index is 588. The topological polar surface area (TPSA) is 39.2 Å². The van der Waals surface area contributed by atoms with Crippen LogP contribution in [0.25, 0.3) is 5.57 Å². The number of esters is 1. The molecule has 0 spiro atoms. The molecule has 0 bridgehead atoms. The molecule has 0 atom stereocenters. The van der Waals surface area contributed by atoms with Gasteiger partial charge in [0.1, 0.15) is 0 Å². The van der Waals surface area contributed by atoms with Crippen molar-refractivity contribution < 1.29 is 9.53 Å². The maximum atomic E-state index is 12.7. The van der Waals surface area contributed by atoms with Crippen LogP contribution in [-0.4, -0.2) is 36.8 Å². The van der Waals surface area contributed by atoms with E-state index in [9.17, 15) is 4.79 Å². The molecule has 1 aromatic rings. The van der Waals surface area contributed by atoms with Crippen LogP contribution in [0.3, 0.4) is 0 Å². The van der Waals surface area contributed by atoms with Crippen molar-refractivity contribution in [3.8, 4) is 0 Å². The van der Waals surface area contributed by atoms with E-state index >= 15 is 0 Å². The van der Waals surface area contributed by atoms with Crippen LogP contribution in [0.1, 0.15) is 25.8 Å². The predicted octanol–water partition coefficient (Wildman–Crippen LogP) is 5.62. The van der Waals surface area contributed by atoms with E-state index in [1.807, 2.05) is 25.1 Å². The highest BCUT2D eigenvalue weighted by atomic mass is 32.2. The number of aromatic nitrogens is 1. The van der Waals surface area contributed by atoms with Gasteiger partial charge in [0.05, 0.1) is 24.5 Å². The first kappa shape index (κ1) is 22.1. The average Bonchev–Trinajstić information content (AvgIpc) is 2.58. The Morgan fingerprint density at radius 2 is 2.12 bits per heavy atom. The summed E-state index contributed by atoms with van der Waals surface area (Å²) >= 11 is 3.54. The van der Waals surface area contributed by atoms with Crippen LogP contribution >= 0.6 is 23.5 Å². The Hall–Kier alpha value is -0.983. The summed E-state index contributed by atoms with van der Waals surface area (Å²) in [4.78, 5) is 16.8. The summed E-state index contributed by atoms with van der Waals surface area (Å²) in [5.74, 6) is 0.722. The molecule has 0 aromatic carbocycles. The molecule has 138 valence electrons. The molecule has 0 saturated carbocycles. The van der Waals surface area contributed by atoms with Gasteiger partial charge in [-0.15, -0.1) is 30.1 Å². The lowest BCUT2D eigenvalue weighted by molar-refractivity contribution is -0.136. The van der Waals surface area contributed by atoms with Crippen LogP contribution in [0.5, 0.6) is 0 Å². The van der Waals surface area contributed by atoms with Gasteiger partial charge in [-0.05, 0) is 36.6 Å². The molecule has 3 nitrogen and oxygen atoms in total. The number of carbonyl (C=O) groups is 1. The molecule has 1 heterocycles. The molecule has 0 unspecified atom stereocenters. The van der Waals surface area contributed by atoms with Gasteiger partial charge >= 0.3 is 5.97 Å². The fraction of sp³-hybridized carbons (Fsp3) is 0.474. The maximum Gasteiger partial charge on any atom is 0.340 e. The molecule has 1 aromatic heterocycles. The number of hydrogen-bond acceptors (Lipinski definition) is 5. The lowest BCUT2D eigenvalue weighted by Crippen LogP contribution is -2.28. The zero-order chi connectivity index (χ0) is 18.7. The molecule has 25 heavy (non-hydrogen) atoms. The highest BCUT2D eigenvalue weighted by molar-refractivity contribution is 8.23. The second kappa shape index (κ2) is 11.6. The van der Waals surface area contributed by atoms with Gasteiger partial charge in [0.2, 0.25) is 0 Å². The Kier molecular flexibility index (Phi) is 10.2. The molecule has 6 heteroatoms. The Morgan fingerprint density at radius 1 is 1.36 bits per heavy atom. The zero-order valence-corrected chi connectivity index (χ0v) is 18.3. The molecule has 0 aliphatic rings. The maximum absolute atomic E-state index is 12.7. The third-order valence-electron chi connectivity index (χ3n) is 3.36. The van der Waals surface area contributed by atoms with Crippen molar-refractivity contribution in [2.24, 2.45) is 0 Å². The number of allylic oxidation sites excluding steroid dienone is 1. The van der Waals surface area contributed by atoms with Crippen molar-refractivity contribution in [3.63, 3.8) is 0 Å². The number of pyridine rings is 1. The second-order valence-electron chi connectivity index (χ2n) is 6.42. The number of rotatable bonds is 11. The van der Waals surface area contributed by atoms with Gasteiger partial charge in [-0.2, -0.15) is 0 Å². The van der Waals surface area contributed by atoms with Gasteiger partial charge in [-0.3, -0.25) is 4.98 Å². The number of nitrogens with zero attached hydrogens (tertiary/aromatic N) is 1. The minimum atomic E-state index is -1.38. The first-order chi connectivity index (χ1) is 11.9. The number of ether oxygens (including phenoxy) is 1. The fourth-order valence-corrected chi connectivity index (χ4v) is 7.66. The van der Waals surface area contributed by atoms with Gasteiger partial charge in [0, 0.05) is 18.0 Å². The predicted molar refractivity (Wildman–Crippen MR) is 115 cm³/mol. The van der Waals surface area contributed by atoms with Crippen LogP contribution in [0.2, 0.25) is 19.1 Å². The first-order valence-electron chi connectivity index (χ1n) is 8.63. The van der Waals surface area contributed by atoms with Crippen LogP contribution in [0.15, 0.2) is 41.4 Å². The third-order valence-corrected chi connectivity index (χ3v) is 10.7.